The molecule has 2 aliphatic rings. The van der Waals surface area contributed by atoms with E-state index in [9.17, 15) is 13.2 Å². The molecule has 2 atom stereocenters. The summed E-state index contributed by atoms with van der Waals surface area (Å²) in [4.78, 5) is 15.9. The van der Waals surface area contributed by atoms with Gasteiger partial charge in [-0.3, -0.25) is 4.79 Å². The Labute approximate surface area is 220 Å². The predicted molar refractivity (Wildman–Crippen MR) is 145 cm³/mol. The quantitative estimate of drug-likeness (QED) is 0.507. The zero-order chi connectivity index (χ0) is 26.2. The molecule has 1 N–H and O–H groups in total. The molecule has 2 aromatic carbocycles. The van der Waals surface area contributed by atoms with E-state index in [1.165, 1.54) is 21.0 Å². The van der Waals surface area contributed by atoms with Gasteiger partial charge in [0.25, 0.3) is 0 Å². The second-order valence-corrected chi connectivity index (χ2v) is 12.4. The molecule has 1 aliphatic heterocycles. The molecule has 2 unspecified atom stereocenters. The van der Waals surface area contributed by atoms with Crippen LogP contribution in [-0.4, -0.2) is 48.7 Å². The second-order valence-electron chi connectivity index (χ2n) is 10.6. The summed E-state index contributed by atoms with van der Waals surface area (Å²) in [6.07, 6.45) is 4.96. The molecule has 37 heavy (non-hydrogen) atoms. The van der Waals surface area contributed by atoms with Gasteiger partial charge >= 0.3 is 0 Å². The molecule has 8 heteroatoms. The number of amides is 1. The number of hydrogen-bond acceptors (Lipinski definition) is 4. The molecule has 1 aromatic heterocycles. The van der Waals surface area contributed by atoms with E-state index < -0.39 is 16.1 Å². The summed E-state index contributed by atoms with van der Waals surface area (Å²) in [6.45, 7) is 3.72. The molecule has 196 valence electrons. The lowest BCUT2D eigenvalue weighted by atomic mass is 9.86. The molecule has 1 amide bonds. The van der Waals surface area contributed by atoms with Crippen LogP contribution < -0.4 is 5.32 Å². The lowest BCUT2D eigenvalue weighted by Crippen LogP contribution is -2.44. The van der Waals surface area contributed by atoms with Crippen molar-refractivity contribution in [2.45, 2.75) is 62.7 Å². The van der Waals surface area contributed by atoms with Crippen LogP contribution >= 0.6 is 0 Å². The molecule has 2 heterocycles. The highest BCUT2D eigenvalue weighted by atomic mass is 32.2. The van der Waals surface area contributed by atoms with Gasteiger partial charge in [-0.25, -0.2) is 8.42 Å². The first-order valence-corrected chi connectivity index (χ1v) is 14.5. The number of fused-ring (bicyclic) bond motifs is 2. The van der Waals surface area contributed by atoms with Gasteiger partial charge in [-0.05, 0) is 81.2 Å². The van der Waals surface area contributed by atoms with Crippen LogP contribution in [0.1, 0.15) is 59.3 Å². The fourth-order valence-electron chi connectivity index (χ4n) is 5.69. The van der Waals surface area contributed by atoms with E-state index in [0.29, 0.717) is 13.1 Å². The zero-order valence-corrected chi connectivity index (χ0v) is 22.7. The number of sulfonamides is 1. The summed E-state index contributed by atoms with van der Waals surface area (Å²) in [6, 6.07) is 16.7. The van der Waals surface area contributed by atoms with Gasteiger partial charge < -0.3 is 14.8 Å². The number of aryl methyl sites for hydroxylation is 2. The average Bonchev–Trinajstić information content (AvgIpc) is 3.33. The summed E-state index contributed by atoms with van der Waals surface area (Å²) in [5.74, 6) is -0.126. The standard InChI is InChI=1S/C29H36N4O3S/c1-21-9-12-24(13-10-21)37(35,36)33-17-16-32-15-5-8-27(32)28(33)19-29(34)30-26-7-4-6-23-18-22(20-31(2)3)11-14-25(23)26/h5,8-15,18,26,28H,4,6-7,16-17,19-20H2,1-3H3,(H,30,34). The molecule has 0 saturated carbocycles. The fourth-order valence-corrected chi connectivity index (χ4v) is 7.28. The lowest BCUT2D eigenvalue weighted by molar-refractivity contribution is -0.123. The molecule has 0 fully saturated rings. The Balaban J connectivity index is 1.37. The summed E-state index contributed by atoms with van der Waals surface area (Å²) >= 11 is 0. The maximum absolute atomic E-state index is 13.7. The van der Waals surface area contributed by atoms with Crippen molar-refractivity contribution in [3.63, 3.8) is 0 Å². The van der Waals surface area contributed by atoms with E-state index in [-0.39, 0.29) is 23.3 Å². The monoisotopic (exact) mass is 520 g/mol. The van der Waals surface area contributed by atoms with E-state index in [0.717, 1.165) is 37.1 Å². The first-order valence-electron chi connectivity index (χ1n) is 13.0. The Morgan fingerprint density at radius 2 is 1.86 bits per heavy atom. The van der Waals surface area contributed by atoms with Crippen molar-refractivity contribution in [1.82, 2.24) is 19.1 Å². The van der Waals surface area contributed by atoms with Crippen molar-refractivity contribution in [2.75, 3.05) is 20.6 Å². The third-order valence-corrected chi connectivity index (χ3v) is 9.40. The van der Waals surface area contributed by atoms with Gasteiger partial charge in [0.05, 0.1) is 17.0 Å². The zero-order valence-electron chi connectivity index (χ0n) is 21.9. The van der Waals surface area contributed by atoms with Crippen LogP contribution in [0.15, 0.2) is 65.7 Å². The third-order valence-electron chi connectivity index (χ3n) is 7.48. The largest absolute Gasteiger partial charge is 0.349 e. The van der Waals surface area contributed by atoms with Crippen molar-refractivity contribution in [3.05, 3.63) is 88.7 Å². The predicted octanol–water partition coefficient (Wildman–Crippen LogP) is 4.19. The third kappa shape index (κ3) is 5.37. The topological polar surface area (TPSA) is 74.6 Å². The normalized spacial score (nSPS) is 19.9. The Hall–Kier alpha value is -2.94. The minimum Gasteiger partial charge on any atom is -0.349 e. The van der Waals surface area contributed by atoms with Gasteiger partial charge in [0.1, 0.15) is 0 Å². The summed E-state index contributed by atoms with van der Waals surface area (Å²) in [7, 11) is 0.369. The molecule has 7 nitrogen and oxygen atoms in total. The van der Waals surface area contributed by atoms with Crippen LogP contribution in [-0.2, 0) is 34.3 Å². The molecule has 0 spiro atoms. The lowest BCUT2D eigenvalue weighted by Gasteiger charge is -2.36. The molecule has 1 aliphatic carbocycles. The van der Waals surface area contributed by atoms with Gasteiger partial charge in [-0.15, -0.1) is 0 Å². The van der Waals surface area contributed by atoms with Gasteiger partial charge in [-0.1, -0.05) is 35.9 Å². The maximum Gasteiger partial charge on any atom is 0.243 e. The molecule has 3 aromatic rings. The summed E-state index contributed by atoms with van der Waals surface area (Å²) in [5, 5.41) is 3.24. The number of aromatic nitrogens is 1. The van der Waals surface area contributed by atoms with E-state index >= 15 is 0 Å². The first-order chi connectivity index (χ1) is 17.7. The van der Waals surface area contributed by atoms with E-state index in [1.807, 2.05) is 37.4 Å². The summed E-state index contributed by atoms with van der Waals surface area (Å²) < 4.78 is 30.9. The molecule has 0 radical (unpaired) electrons. The maximum atomic E-state index is 13.7. The van der Waals surface area contributed by atoms with Crippen molar-refractivity contribution < 1.29 is 13.2 Å². The number of nitrogens with one attached hydrogen (secondary N) is 1. The van der Waals surface area contributed by atoms with Gasteiger partial charge in [-0.2, -0.15) is 4.31 Å². The highest BCUT2D eigenvalue weighted by molar-refractivity contribution is 7.89. The van der Waals surface area contributed by atoms with Crippen LogP contribution in [0.2, 0.25) is 0 Å². The van der Waals surface area contributed by atoms with Gasteiger partial charge in [0.15, 0.2) is 0 Å². The van der Waals surface area contributed by atoms with Crippen LogP contribution in [0, 0.1) is 6.92 Å². The van der Waals surface area contributed by atoms with E-state index in [4.69, 9.17) is 0 Å². The van der Waals surface area contributed by atoms with Crippen LogP contribution in [0.25, 0.3) is 0 Å². The van der Waals surface area contributed by atoms with E-state index in [1.54, 1.807) is 12.1 Å². The molecule has 0 bridgehead atoms. The second kappa shape index (κ2) is 10.4. The average molecular weight is 521 g/mol. The molecule has 0 saturated heterocycles. The highest BCUT2D eigenvalue weighted by Gasteiger charge is 2.38. The minimum atomic E-state index is -3.75. The van der Waals surface area contributed by atoms with Crippen molar-refractivity contribution in [1.29, 1.82) is 0 Å². The number of benzene rings is 2. The van der Waals surface area contributed by atoms with Crippen molar-refractivity contribution in [3.8, 4) is 0 Å². The Morgan fingerprint density at radius 3 is 2.62 bits per heavy atom. The Bertz CT molecular complexity index is 1380. The molecular weight excluding hydrogens is 484 g/mol. The number of carbonyl (C=O) groups excluding carboxylic acids is 1. The fraction of sp³-hybridized carbons (Fsp3) is 0.414. The van der Waals surface area contributed by atoms with Crippen LogP contribution in [0.3, 0.4) is 0 Å². The summed E-state index contributed by atoms with van der Waals surface area (Å²) in [5.41, 5.74) is 5.61. The van der Waals surface area contributed by atoms with Crippen LogP contribution in [0.5, 0.6) is 0 Å². The highest BCUT2D eigenvalue weighted by Crippen LogP contribution is 2.35. The number of nitrogens with zero attached hydrogens (tertiary/aromatic N) is 3. The van der Waals surface area contributed by atoms with E-state index in [2.05, 4.69) is 47.1 Å². The Kier molecular flexibility index (Phi) is 7.25. The van der Waals surface area contributed by atoms with Gasteiger partial charge in [0, 0.05) is 37.9 Å². The number of hydrogen-bond donors (Lipinski definition) is 1. The van der Waals surface area contributed by atoms with Gasteiger partial charge in [0.2, 0.25) is 15.9 Å². The van der Waals surface area contributed by atoms with Crippen molar-refractivity contribution >= 4 is 15.9 Å². The van der Waals surface area contributed by atoms with Crippen molar-refractivity contribution in [2.24, 2.45) is 0 Å². The van der Waals surface area contributed by atoms with Crippen LogP contribution in [0.4, 0.5) is 0 Å². The number of rotatable bonds is 7. The Morgan fingerprint density at radius 1 is 1.08 bits per heavy atom. The first kappa shape index (κ1) is 25.7. The minimum absolute atomic E-state index is 0.0535. The number of carbonyl (C=O) groups is 1. The SMILES string of the molecule is Cc1ccc(S(=O)(=O)N2CCn3cccc3C2CC(=O)NC2CCCc3cc(CN(C)C)ccc32)cc1. The molecular formula is C29H36N4O3S. The smallest absolute Gasteiger partial charge is 0.243 e. The molecule has 5 rings (SSSR count).